The summed E-state index contributed by atoms with van der Waals surface area (Å²) < 4.78 is 30.2. The molecule has 0 aliphatic carbocycles. The van der Waals surface area contributed by atoms with Crippen molar-refractivity contribution in [1.29, 1.82) is 0 Å². The van der Waals surface area contributed by atoms with Crippen molar-refractivity contribution in [2.75, 3.05) is 46.2 Å². The molecule has 0 saturated carbocycles. The molecule has 2 fully saturated rings. The van der Waals surface area contributed by atoms with E-state index in [4.69, 9.17) is 14.2 Å². The number of hydrogen-bond donors (Lipinski definition) is 1. The highest BCUT2D eigenvalue weighted by atomic mass is 19.1. The molecule has 3 heterocycles. The molecule has 1 atom stereocenters. The average molecular weight is 468 g/mol. The van der Waals surface area contributed by atoms with Crippen LogP contribution in [0.1, 0.15) is 23.6 Å². The van der Waals surface area contributed by atoms with Crippen LogP contribution in [0.4, 0.5) is 4.39 Å². The van der Waals surface area contributed by atoms with E-state index in [0.717, 1.165) is 19.6 Å². The molecule has 2 aromatic carbocycles. The van der Waals surface area contributed by atoms with Gasteiger partial charge in [0, 0.05) is 31.7 Å². The summed E-state index contributed by atoms with van der Waals surface area (Å²) in [5.74, 6) is -1.36. The second-order valence-corrected chi connectivity index (χ2v) is 8.42. The number of benzene rings is 2. The van der Waals surface area contributed by atoms with E-state index in [1.54, 1.807) is 24.3 Å². The van der Waals surface area contributed by atoms with Gasteiger partial charge in [-0.15, -0.1) is 0 Å². The topological polar surface area (TPSA) is 88.5 Å². The molecule has 2 saturated heterocycles. The Labute approximate surface area is 196 Å². The van der Waals surface area contributed by atoms with Crippen LogP contribution in [0.25, 0.3) is 5.76 Å². The zero-order chi connectivity index (χ0) is 23.7. The molecule has 2 aromatic rings. The number of carbonyl (C=O) groups excluding carboxylic acids is 2. The Morgan fingerprint density at radius 3 is 2.62 bits per heavy atom. The van der Waals surface area contributed by atoms with Crippen LogP contribution >= 0.6 is 0 Å². The summed E-state index contributed by atoms with van der Waals surface area (Å²) in [6.07, 6.45) is 0.628. The lowest BCUT2D eigenvalue weighted by Crippen LogP contribution is -2.39. The van der Waals surface area contributed by atoms with E-state index >= 15 is 0 Å². The van der Waals surface area contributed by atoms with Gasteiger partial charge in [-0.05, 0) is 42.3 Å². The first-order valence-corrected chi connectivity index (χ1v) is 11.3. The highest BCUT2D eigenvalue weighted by molar-refractivity contribution is 6.46. The number of ketones is 1. The molecule has 1 unspecified atom stereocenters. The molecular weight excluding hydrogens is 443 g/mol. The van der Waals surface area contributed by atoms with Gasteiger partial charge in [0.1, 0.15) is 11.6 Å². The van der Waals surface area contributed by atoms with E-state index in [0.29, 0.717) is 48.8 Å². The molecular formula is C25H25FN2O6. The van der Waals surface area contributed by atoms with Gasteiger partial charge in [0.15, 0.2) is 11.5 Å². The van der Waals surface area contributed by atoms with E-state index in [2.05, 4.69) is 4.90 Å². The second kappa shape index (κ2) is 9.44. The van der Waals surface area contributed by atoms with Crippen molar-refractivity contribution in [1.82, 2.24) is 9.80 Å². The Morgan fingerprint density at radius 1 is 1.03 bits per heavy atom. The fourth-order valence-corrected chi connectivity index (χ4v) is 4.62. The largest absolute Gasteiger partial charge is 0.507 e. The maximum Gasteiger partial charge on any atom is 0.295 e. The number of amides is 1. The molecule has 3 aliphatic rings. The van der Waals surface area contributed by atoms with Crippen molar-refractivity contribution in [3.8, 4) is 11.5 Å². The minimum atomic E-state index is -0.897. The van der Waals surface area contributed by atoms with Crippen molar-refractivity contribution in [3.63, 3.8) is 0 Å². The Morgan fingerprint density at radius 2 is 1.82 bits per heavy atom. The quantitative estimate of drug-likeness (QED) is 0.396. The molecule has 0 bridgehead atoms. The molecule has 0 radical (unpaired) electrons. The third-order valence-corrected chi connectivity index (χ3v) is 6.33. The van der Waals surface area contributed by atoms with Crippen molar-refractivity contribution in [3.05, 3.63) is 65.0 Å². The maximum absolute atomic E-state index is 14.1. The minimum Gasteiger partial charge on any atom is -0.507 e. The first-order chi connectivity index (χ1) is 16.5. The highest BCUT2D eigenvalue weighted by Gasteiger charge is 2.46. The molecule has 1 N–H and O–H groups in total. The Kier molecular flexibility index (Phi) is 6.21. The van der Waals surface area contributed by atoms with Gasteiger partial charge in [0.2, 0.25) is 6.79 Å². The summed E-state index contributed by atoms with van der Waals surface area (Å²) in [6, 6.07) is 9.66. The van der Waals surface area contributed by atoms with Crippen LogP contribution < -0.4 is 9.47 Å². The van der Waals surface area contributed by atoms with Crippen LogP contribution in [0.15, 0.2) is 48.0 Å². The molecule has 9 heteroatoms. The Bertz CT molecular complexity index is 1140. The minimum absolute atomic E-state index is 0.0658. The standard InChI is InChI=1S/C25H25FN2O6/c26-18-4-1-3-16(13-18)22-21(23(29)17-5-6-19-20(14-17)34-15-33-19)24(30)25(31)28(22)8-2-7-27-9-11-32-12-10-27/h1,3-6,13-14,22,29H,2,7-12,15H2/b23-21+. The Hall–Kier alpha value is -3.43. The summed E-state index contributed by atoms with van der Waals surface area (Å²) in [6.45, 7) is 4.07. The molecule has 8 nitrogen and oxygen atoms in total. The summed E-state index contributed by atoms with van der Waals surface area (Å²) in [7, 11) is 0. The van der Waals surface area contributed by atoms with Crippen molar-refractivity contribution in [2.45, 2.75) is 12.5 Å². The molecule has 0 aromatic heterocycles. The number of carbonyl (C=O) groups is 2. The summed E-state index contributed by atoms with van der Waals surface area (Å²) >= 11 is 0. The predicted molar refractivity (Wildman–Crippen MR) is 120 cm³/mol. The van der Waals surface area contributed by atoms with Gasteiger partial charge in [-0.1, -0.05) is 12.1 Å². The highest BCUT2D eigenvalue weighted by Crippen LogP contribution is 2.41. The first kappa shape index (κ1) is 22.4. The molecule has 5 rings (SSSR count). The van der Waals surface area contributed by atoms with E-state index in [-0.39, 0.29) is 18.1 Å². The van der Waals surface area contributed by atoms with Gasteiger partial charge >= 0.3 is 0 Å². The number of aliphatic hydroxyl groups excluding tert-OH is 1. The number of nitrogens with zero attached hydrogens (tertiary/aromatic N) is 2. The molecule has 3 aliphatic heterocycles. The zero-order valence-electron chi connectivity index (χ0n) is 18.5. The lowest BCUT2D eigenvalue weighted by Gasteiger charge is -2.29. The number of morpholine rings is 1. The van der Waals surface area contributed by atoms with Crippen molar-refractivity contribution in [2.24, 2.45) is 0 Å². The Balaban J connectivity index is 1.48. The van der Waals surface area contributed by atoms with Crippen LogP contribution in [0, 0.1) is 5.82 Å². The van der Waals surface area contributed by atoms with Crippen molar-refractivity contribution >= 4 is 17.4 Å². The summed E-state index contributed by atoms with van der Waals surface area (Å²) in [5, 5.41) is 11.2. The number of ether oxygens (including phenoxy) is 3. The second-order valence-electron chi connectivity index (χ2n) is 8.42. The number of halogens is 1. The van der Waals surface area contributed by atoms with Crippen LogP contribution in [0.2, 0.25) is 0 Å². The number of Topliss-reactive ketones (excluding diaryl/α,β-unsaturated/α-hetero) is 1. The summed E-state index contributed by atoms with van der Waals surface area (Å²) in [5.41, 5.74) is 0.672. The van der Waals surface area contributed by atoms with Gasteiger partial charge in [0.05, 0.1) is 24.8 Å². The third-order valence-electron chi connectivity index (χ3n) is 6.33. The van der Waals surface area contributed by atoms with Crippen LogP contribution in [-0.2, 0) is 14.3 Å². The fraction of sp³-hybridized carbons (Fsp3) is 0.360. The van der Waals surface area contributed by atoms with E-state index in [1.165, 1.54) is 23.1 Å². The van der Waals surface area contributed by atoms with E-state index in [9.17, 15) is 19.1 Å². The molecule has 1 amide bonds. The normalized spacial score (nSPS) is 21.9. The molecule has 178 valence electrons. The number of hydrogen-bond acceptors (Lipinski definition) is 7. The monoisotopic (exact) mass is 468 g/mol. The van der Waals surface area contributed by atoms with Gasteiger partial charge < -0.3 is 24.2 Å². The number of likely N-dealkylation sites (tertiary alicyclic amines) is 1. The van der Waals surface area contributed by atoms with Crippen LogP contribution in [-0.4, -0.2) is 72.8 Å². The van der Waals surface area contributed by atoms with Crippen LogP contribution in [0.5, 0.6) is 11.5 Å². The number of fused-ring (bicyclic) bond motifs is 1. The SMILES string of the molecule is O=C1C(=O)N(CCCN2CCOCC2)C(c2cccc(F)c2)/C1=C(\O)c1ccc2c(c1)OCO2. The van der Waals surface area contributed by atoms with Gasteiger partial charge in [0.25, 0.3) is 11.7 Å². The first-order valence-electron chi connectivity index (χ1n) is 11.3. The molecule has 0 spiro atoms. The lowest BCUT2D eigenvalue weighted by molar-refractivity contribution is -0.140. The van der Waals surface area contributed by atoms with Crippen LogP contribution in [0.3, 0.4) is 0 Å². The predicted octanol–water partition coefficient (Wildman–Crippen LogP) is 2.70. The van der Waals surface area contributed by atoms with Crippen molar-refractivity contribution < 1.29 is 33.3 Å². The van der Waals surface area contributed by atoms with Gasteiger partial charge in [-0.2, -0.15) is 0 Å². The van der Waals surface area contributed by atoms with E-state index < -0.39 is 23.5 Å². The third kappa shape index (κ3) is 4.24. The van der Waals surface area contributed by atoms with E-state index in [1.807, 2.05) is 0 Å². The van der Waals surface area contributed by atoms with Gasteiger partial charge in [-0.25, -0.2) is 4.39 Å². The maximum atomic E-state index is 14.1. The number of rotatable bonds is 6. The fourth-order valence-electron chi connectivity index (χ4n) is 4.62. The van der Waals surface area contributed by atoms with Gasteiger partial charge in [-0.3, -0.25) is 14.5 Å². The molecule has 34 heavy (non-hydrogen) atoms. The smallest absolute Gasteiger partial charge is 0.295 e. The average Bonchev–Trinajstić information content (AvgIpc) is 3.42. The summed E-state index contributed by atoms with van der Waals surface area (Å²) in [4.78, 5) is 29.8. The number of aliphatic hydroxyl groups is 1. The zero-order valence-corrected chi connectivity index (χ0v) is 18.5. The lowest BCUT2D eigenvalue weighted by atomic mass is 9.95.